The summed E-state index contributed by atoms with van der Waals surface area (Å²) in [5.74, 6) is 1.14. The van der Waals surface area contributed by atoms with Crippen LogP contribution in [0.5, 0.6) is 0 Å². The lowest BCUT2D eigenvalue weighted by Crippen LogP contribution is -2.68. The van der Waals surface area contributed by atoms with E-state index in [1.807, 2.05) is 13.8 Å². The normalized spacial score (nSPS) is 48.7. The van der Waals surface area contributed by atoms with Crippen LogP contribution in [0.4, 0.5) is 0 Å². The molecule has 5 heterocycles. The molecule has 0 bridgehead atoms. The van der Waals surface area contributed by atoms with Gasteiger partial charge in [-0.3, -0.25) is 31.5 Å². The Kier molecular flexibility index (Phi) is 8.59. The van der Waals surface area contributed by atoms with Gasteiger partial charge in [0, 0.05) is 37.4 Å². The van der Waals surface area contributed by atoms with E-state index in [2.05, 4.69) is 57.2 Å². The number of nitrogens with two attached hydrogens (primary N) is 1. The van der Waals surface area contributed by atoms with Gasteiger partial charge in [0.05, 0.1) is 31.2 Å². The minimum atomic E-state index is -0.611. The number of hydrogen-bond acceptors (Lipinski definition) is 11. The van der Waals surface area contributed by atoms with Crippen molar-refractivity contribution in [1.82, 2.24) is 36.4 Å². The molecule has 0 radical (unpaired) electrons. The first kappa shape index (κ1) is 31.8. The molecule has 0 aromatic heterocycles. The van der Waals surface area contributed by atoms with Crippen LogP contribution < -0.4 is 32.3 Å². The fraction of sp³-hybridized carbons (Fsp3) is 1.00. The highest BCUT2D eigenvalue weighted by atomic mass is 16.8. The largest absolute Gasteiger partial charge is 0.353 e. The molecule has 7 N–H and O–H groups in total. The van der Waals surface area contributed by atoms with Gasteiger partial charge in [-0.25, -0.2) is 4.90 Å². The summed E-state index contributed by atoms with van der Waals surface area (Å²) in [7, 11) is 0. The molecular weight excluding hydrogens is 568 g/mol. The second-order valence-corrected chi connectivity index (χ2v) is 17.1. The molecule has 7 unspecified atom stereocenters. The van der Waals surface area contributed by atoms with Crippen LogP contribution in [0.2, 0.25) is 0 Å². The molecule has 11 nitrogen and oxygen atoms in total. The van der Waals surface area contributed by atoms with Crippen LogP contribution in [0.15, 0.2) is 0 Å². The van der Waals surface area contributed by atoms with E-state index < -0.39 is 5.79 Å². The molecule has 8 rings (SSSR count). The molecule has 11 heteroatoms. The Balaban J connectivity index is 0.842. The zero-order valence-corrected chi connectivity index (χ0v) is 28.5. The van der Waals surface area contributed by atoms with E-state index in [4.69, 9.17) is 19.9 Å². The van der Waals surface area contributed by atoms with E-state index in [0.29, 0.717) is 49.1 Å². The van der Waals surface area contributed by atoms with E-state index in [0.717, 1.165) is 18.4 Å². The predicted octanol–water partition coefficient (Wildman–Crippen LogP) is 1.74. The maximum Gasteiger partial charge on any atom is 0.164 e. The third kappa shape index (κ3) is 5.94. The van der Waals surface area contributed by atoms with Crippen LogP contribution in [0, 0.1) is 17.3 Å². The summed E-state index contributed by atoms with van der Waals surface area (Å²) < 4.78 is 20.0. The van der Waals surface area contributed by atoms with Crippen molar-refractivity contribution in [2.24, 2.45) is 23.0 Å². The van der Waals surface area contributed by atoms with Crippen LogP contribution in [0.25, 0.3) is 0 Å². The number of ether oxygens (including phenoxy) is 3. The Labute approximate surface area is 271 Å². The first-order valence-electron chi connectivity index (χ1n) is 18.6. The quantitative estimate of drug-likeness (QED) is 0.224. The molecule has 3 saturated carbocycles. The number of fused-ring (bicyclic) bond motifs is 3. The molecule has 45 heavy (non-hydrogen) atoms. The van der Waals surface area contributed by atoms with Crippen LogP contribution in [0.1, 0.15) is 98.8 Å². The van der Waals surface area contributed by atoms with Crippen LogP contribution in [0.3, 0.4) is 0 Å². The van der Waals surface area contributed by atoms with Gasteiger partial charge in [0.2, 0.25) is 0 Å². The van der Waals surface area contributed by atoms with Crippen molar-refractivity contribution in [3.63, 3.8) is 0 Å². The van der Waals surface area contributed by atoms with Gasteiger partial charge in [-0.05, 0) is 103 Å². The van der Waals surface area contributed by atoms with E-state index in [-0.39, 0.29) is 42.9 Å². The van der Waals surface area contributed by atoms with Crippen molar-refractivity contribution in [2.75, 3.05) is 19.9 Å². The molecular formula is C34H62N8O3. The highest BCUT2D eigenvalue weighted by Gasteiger charge is 2.59. The molecule has 8 fully saturated rings. The van der Waals surface area contributed by atoms with E-state index >= 15 is 0 Å². The van der Waals surface area contributed by atoms with Gasteiger partial charge in [-0.1, -0.05) is 13.3 Å². The monoisotopic (exact) mass is 630 g/mol. The lowest BCUT2D eigenvalue weighted by atomic mass is 9.58. The number of rotatable bonds is 9. The summed E-state index contributed by atoms with van der Waals surface area (Å²) in [5.41, 5.74) is 7.02. The van der Waals surface area contributed by atoms with Gasteiger partial charge < -0.3 is 19.9 Å². The van der Waals surface area contributed by atoms with Crippen molar-refractivity contribution in [3.05, 3.63) is 0 Å². The summed E-state index contributed by atoms with van der Waals surface area (Å²) in [5, 5.41) is 18.5. The molecule has 8 aliphatic rings. The van der Waals surface area contributed by atoms with Gasteiger partial charge >= 0.3 is 0 Å². The summed E-state index contributed by atoms with van der Waals surface area (Å²) in [6.07, 6.45) is 13.8. The minimum absolute atomic E-state index is 0.0288. The van der Waals surface area contributed by atoms with Gasteiger partial charge in [0.25, 0.3) is 0 Å². The van der Waals surface area contributed by atoms with E-state index in [1.54, 1.807) is 0 Å². The molecule has 256 valence electrons. The van der Waals surface area contributed by atoms with Crippen LogP contribution in [-0.2, 0) is 14.2 Å². The van der Waals surface area contributed by atoms with Gasteiger partial charge in [-0.2, -0.15) is 0 Å². The van der Waals surface area contributed by atoms with Crippen molar-refractivity contribution < 1.29 is 14.2 Å². The molecule has 5 aliphatic heterocycles. The molecule has 11 atom stereocenters. The van der Waals surface area contributed by atoms with Crippen LogP contribution in [-0.4, -0.2) is 109 Å². The predicted molar refractivity (Wildman–Crippen MR) is 174 cm³/mol. The third-order valence-corrected chi connectivity index (χ3v) is 13.5. The van der Waals surface area contributed by atoms with Gasteiger partial charge in [0.15, 0.2) is 5.79 Å². The Bertz CT molecular complexity index is 1050. The molecule has 0 aromatic carbocycles. The summed E-state index contributed by atoms with van der Waals surface area (Å²) in [6.45, 7) is 13.6. The van der Waals surface area contributed by atoms with Crippen molar-refractivity contribution in [1.29, 1.82) is 0 Å². The molecule has 5 saturated heterocycles. The highest BCUT2D eigenvalue weighted by molar-refractivity contribution is 5.06. The number of hydrogen-bond donors (Lipinski definition) is 6. The second kappa shape index (κ2) is 12.2. The Morgan fingerprint density at radius 3 is 2.47 bits per heavy atom. The Morgan fingerprint density at radius 1 is 0.933 bits per heavy atom. The zero-order valence-electron chi connectivity index (χ0n) is 28.5. The maximum absolute atomic E-state index is 6.89. The van der Waals surface area contributed by atoms with Gasteiger partial charge in [-0.15, -0.1) is 0 Å². The van der Waals surface area contributed by atoms with E-state index in [9.17, 15) is 0 Å². The summed E-state index contributed by atoms with van der Waals surface area (Å²) >= 11 is 0. The summed E-state index contributed by atoms with van der Waals surface area (Å²) in [4.78, 5) is 5.06. The minimum Gasteiger partial charge on any atom is -0.353 e. The maximum atomic E-state index is 6.89. The highest BCUT2D eigenvalue weighted by Crippen LogP contribution is 2.52. The van der Waals surface area contributed by atoms with Crippen LogP contribution >= 0.6 is 0 Å². The lowest BCUT2D eigenvalue weighted by molar-refractivity contribution is -0.212. The second-order valence-electron chi connectivity index (χ2n) is 17.1. The van der Waals surface area contributed by atoms with Crippen molar-refractivity contribution in [3.8, 4) is 0 Å². The SMILES string of the molecule is CC(C)N(C[C@H]1O[C@@H](N2CNC3C(N)NCNC32)[C@@H]2OC(C)(C)O[C@@H]21)C1CC(CCC2NC3CCC(C4(C)CCC4)CC3N2)C1. The van der Waals surface area contributed by atoms with Gasteiger partial charge in [0.1, 0.15) is 24.5 Å². The molecule has 0 amide bonds. The average Bonchev–Trinajstić information content (AvgIpc) is 3.71. The van der Waals surface area contributed by atoms with Crippen molar-refractivity contribution >= 4 is 0 Å². The smallest absolute Gasteiger partial charge is 0.164 e. The Hall–Kier alpha value is -0.440. The standard InChI is InChI=1S/C34H62N8O3/c1-19(2)41(22-13-20(14-22)7-10-26-39-23-9-8-21(15-24(23)40-26)34(5)11-6-12-34)16-25-28-29(45-33(3,4)44-28)32(43-25)42-18-38-27-30(35)36-17-37-31(27)42/h19-32,36-40H,6-18,35H2,1-5H3/t20?,21?,22?,23?,24?,25-,26?,27?,28-,29-,30?,31?,32-/m1/s1. The molecule has 0 spiro atoms. The molecule has 0 aromatic rings. The number of nitrogens with one attached hydrogen (secondary N) is 5. The fourth-order valence-electron chi connectivity index (χ4n) is 10.6. The first-order valence-corrected chi connectivity index (χ1v) is 18.6. The van der Waals surface area contributed by atoms with Crippen molar-refractivity contribution in [2.45, 2.75) is 178 Å². The average molecular weight is 631 g/mol. The Morgan fingerprint density at radius 2 is 1.71 bits per heavy atom. The topological polar surface area (TPSA) is 120 Å². The fourth-order valence-corrected chi connectivity index (χ4v) is 10.6. The summed E-state index contributed by atoms with van der Waals surface area (Å²) in [6, 6.07) is 2.58. The lowest BCUT2D eigenvalue weighted by Gasteiger charge is -2.48. The number of nitrogens with zero attached hydrogens (tertiary/aromatic N) is 2. The third-order valence-electron chi connectivity index (χ3n) is 13.5. The zero-order chi connectivity index (χ0) is 31.1. The first-order chi connectivity index (χ1) is 21.6. The van der Waals surface area contributed by atoms with E-state index in [1.165, 1.54) is 64.2 Å². The molecule has 3 aliphatic carbocycles.